The Bertz CT molecular complexity index is 47.4. The van der Waals surface area contributed by atoms with Crippen molar-refractivity contribution in [3.05, 3.63) is 6.92 Å². The largest absolute Gasteiger partial charge is 2.00 e. The maximum atomic E-state index is 5.27. The van der Waals surface area contributed by atoms with Crippen molar-refractivity contribution in [3.8, 4) is 0 Å². The molecule has 0 saturated heterocycles. The molecule has 0 rings (SSSR count). The normalized spacial score (nSPS) is 8.18. The molecule has 64 valence electrons. The van der Waals surface area contributed by atoms with Crippen LogP contribution >= 0.6 is 0 Å². The molecule has 0 aliphatic rings. The quantitative estimate of drug-likeness (QED) is 0.326. The molecular weight excluding hydrogens is 216 g/mol. The summed E-state index contributed by atoms with van der Waals surface area (Å²) in [5, 5.41) is 0. The third-order valence-electron chi connectivity index (χ3n) is 1.18. The number of unbranched alkanes of at least 4 members (excludes halogenated alkanes) is 2. The fraction of sp³-hybridized carbons (Fsp3) is 0.875. The summed E-state index contributed by atoms with van der Waals surface area (Å²) >= 11 is 0. The van der Waals surface area contributed by atoms with Crippen LogP contribution in [0.4, 0.5) is 0 Å². The molecule has 0 saturated carbocycles. The van der Waals surface area contributed by atoms with Crippen molar-refractivity contribution in [1.82, 2.24) is 0 Å². The van der Waals surface area contributed by atoms with Gasteiger partial charge in [0, 0.05) is 13.2 Å². The van der Waals surface area contributed by atoms with E-state index in [4.69, 9.17) is 4.74 Å². The fourth-order valence-electron chi connectivity index (χ4n) is 0.553. The first-order valence-electron chi connectivity index (χ1n) is 3.78. The van der Waals surface area contributed by atoms with Crippen LogP contribution in [-0.2, 0) is 4.74 Å². The van der Waals surface area contributed by atoms with Crippen LogP contribution in [0, 0.1) is 6.92 Å². The van der Waals surface area contributed by atoms with Crippen molar-refractivity contribution >= 4 is 23.1 Å². The Kier molecular flexibility index (Phi) is 28.5. The molecule has 0 heterocycles. The standard InChI is InChI=1S/C8H17O.BrH.Mg/c1-3-5-7-9-8-6-4-2;;/h1,3-8H2,2H3;1H;/q-1;;+2/p-1. The molecule has 0 unspecified atom stereocenters. The molecule has 0 atom stereocenters. The van der Waals surface area contributed by atoms with Gasteiger partial charge < -0.3 is 28.6 Å². The topological polar surface area (TPSA) is 9.23 Å². The molecular formula is C8H17BrMgO. The molecule has 1 nitrogen and oxygen atoms in total. The second-order valence-corrected chi connectivity index (χ2v) is 2.17. The predicted molar refractivity (Wildman–Crippen MR) is 46.1 cm³/mol. The zero-order valence-corrected chi connectivity index (χ0v) is 10.4. The van der Waals surface area contributed by atoms with E-state index in [0.717, 1.165) is 26.1 Å². The molecule has 0 aromatic rings. The summed E-state index contributed by atoms with van der Waals surface area (Å²) in [7, 11) is 0. The molecule has 11 heavy (non-hydrogen) atoms. The minimum Gasteiger partial charge on any atom is -1.00 e. The Hall–Kier alpha value is 1.21. The maximum Gasteiger partial charge on any atom is 2.00 e. The predicted octanol–water partition coefficient (Wildman–Crippen LogP) is -0.959. The monoisotopic (exact) mass is 232 g/mol. The van der Waals surface area contributed by atoms with E-state index in [9.17, 15) is 0 Å². The van der Waals surface area contributed by atoms with Crippen molar-refractivity contribution in [3.63, 3.8) is 0 Å². The van der Waals surface area contributed by atoms with Gasteiger partial charge in [-0.2, -0.15) is 6.42 Å². The zero-order chi connectivity index (χ0) is 6.95. The van der Waals surface area contributed by atoms with Gasteiger partial charge >= 0.3 is 23.1 Å². The minimum absolute atomic E-state index is 0. The summed E-state index contributed by atoms with van der Waals surface area (Å²) in [6.07, 6.45) is 4.51. The van der Waals surface area contributed by atoms with Gasteiger partial charge in [-0.1, -0.05) is 19.8 Å². The second-order valence-electron chi connectivity index (χ2n) is 2.17. The van der Waals surface area contributed by atoms with E-state index in [1.54, 1.807) is 0 Å². The van der Waals surface area contributed by atoms with Gasteiger partial charge in [0.1, 0.15) is 0 Å². The minimum atomic E-state index is 0. The van der Waals surface area contributed by atoms with E-state index in [1.165, 1.54) is 12.8 Å². The van der Waals surface area contributed by atoms with Crippen LogP contribution in [0.5, 0.6) is 0 Å². The van der Waals surface area contributed by atoms with Crippen molar-refractivity contribution in [1.29, 1.82) is 0 Å². The average molecular weight is 233 g/mol. The van der Waals surface area contributed by atoms with Gasteiger partial charge in [0.2, 0.25) is 0 Å². The van der Waals surface area contributed by atoms with E-state index in [1.807, 2.05) is 0 Å². The summed E-state index contributed by atoms with van der Waals surface area (Å²) in [5.74, 6) is 0. The molecule has 0 aromatic heterocycles. The SMILES string of the molecule is [Br-].[CH2-]CCCOCCCC.[Mg+2]. The van der Waals surface area contributed by atoms with Crippen molar-refractivity contribution in [2.24, 2.45) is 0 Å². The Morgan fingerprint density at radius 3 is 2.18 bits per heavy atom. The van der Waals surface area contributed by atoms with E-state index < -0.39 is 0 Å². The number of halogens is 1. The Morgan fingerprint density at radius 1 is 1.18 bits per heavy atom. The molecule has 0 aromatic carbocycles. The van der Waals surface area contributed by atoms with Gasteiger partial charge in [-0.3, -0.25) is 0 Å². The molecule has 3 heteroatoms. The van der Waals surface area contributed by atoms with Crippen molar-refractivity contribution < 1.29 is 21.7 Å². The first-order chi connectivity index (χ1) is 4.41. The summed E-state index contributed by atoms with van der Waals surface area (Å²) < 4.78 is 5.27. The van der Waals surface area contributed by atoms with Crippen molar-refractivity contribution in [2.75, 3.05) is 13.2 Å². The van der Waals surface area contributed by atoms with Gasteiger partial charge in [-0.05, 0) is 6.42 Å². The second kappa shape index (κ2) is 17.3. The van der Waals surface area contributed by atoms with Crippen LogP contribution in [-0.4, -0.2) is 36.3 Å². The van der Waals surface area contributed by atoms with Crippen LogP contribution in [0.25, 0.3) is 0 Å². The van der Waals surface area contributed by atoms with Crippen molar-refractivity contribution in [2.45, 2.75) is 32.6 Å². The van der Waals surface area contributed by atoms with Gasteiger partial charge in [-0.15, -0.1) is 0 Å². The van der Waals surface area contributed by atoms with E-state index >= 15 is 0 Å². The van der Waals surface area contributed by atoms with Gasteiger partial charge in [0.05, 0.1) is 0 Å². The number of ether oxygens (including phenoxy) is 1. The van der Waals surface area contributed by atoms with Gasteiger partial charge in [0.25, 0.3) is 0 Å². The third-order valence-corrected chi connectivity index (χ3v) is 1.18. The molecule has 0 radical (unpaired) electrons. The van der Waals surface area contributed by atoms with E-state index in [-0.39, 0.29) is 40.0 Å². The van der Waals surface area contributed by atoms with E-state index in [0.29, 0.717) is 0 Å². The number of hydrogen-bond donors (Lipinski definition) is 0. The van der Waals surface area contributed by atoms with Crippen LogP contribution in [0.3, 0.4) is 0 Å². The molecule has 0 bridgehead atoms. The molecule has 0 fully saturated rings. The number of hydrogen-bond acceptors (Lipinski definition) is 1. The van der Waals surface area contributed by atoms with Crippen LogP contribution in [0.1, 0.15) is 32.6 Å². The summed E-state index contributed by atoms with van der Waals surface area (Å²) in [6.45, 7) is 7.71. The van der Waals surface area contributed by atoms with Gasteiger partial charge in [-0.25, -0.2) is 0 Å². The van der Waals surface area contributed by atoms with Crippen LogP contribution < -0.4 is 17.0 Å². The molecule has 0 N–H and O–H groups in total. The molecule has 0 aliphatic heterocycles. The first-order valence-corrected chi connectivity index (χ1v) is 3.78. The Labute approximate surface area is 97.2 Å². The van der Waals surface area contributed by atoms with Gasteiger partial charge in [0.15, 0.2) is 0 Å². The Morgan fingerprint density at radius 2 is 1.73 bits per heavy atom. The van der Waals surface area contributed by atoms with Crippen LogP contribution in [0.2, 0.25) is 0 Å². The third kappa shape index (κ3) is 18.3. The zero-order valence-electron chi connectivity index (χ0n) is 7.44. The summed E-state index contributed by atoms with van der Waals surface area (Å²) in [4.78, 5) is 0. The first kappa shape index (κ1) is 18.1. The Balaban J connectivity index is -0.000000320. The smallest absolute Gasteiger partial charge is 1.00 e. The molecule has 0 spiro atoms. The summed E-state index contributed by atoms with van der Waals surface area (Å²) in [6, 6.07) is 0. The molecule has 0 amide bonds. The fourth-order valence-corrected chi connectivity index (χ4v) is 0.553. The summed E-state index contributed by atoms with van der Waals surface area (Å²) in [5.41, 5.74) is 0. The maximum absolute atomic E-state index is 5.27. The molecule has 0 aliphatic carbocycles. The number of rotatable bonds is 6. The van der Waals surface area contributed by atoms with E-state index in [2.05, 4.69) is 13.8 Å². The average Bonchev–Trinajstić information content (AvgIpc) is 1.89. The van der Waals surface area contributed by atoms with Crippen LogP contribution in [0.15, 0.2) is 0 Å².